The van der Waals surface area contributed by atoms with Gasteiger partial charge in [0, 0.05) is 25.8 Å². The first-order valence-corrected chi connectivity index (χ1v) is 5.82. The summed E-state index contributed by atoms with van der Waals surface area (Å²) in [4.78, 5) is 12.0. The van der Waals surface area contributed by atoms with Crippen LogP contribution in [-0.4, -0.2) is 38.3 Å². The summed E-state index contributed by atoms with van der Waals surface area (Å²) in [5, 5.41) is 6.19. The molecule has 0 aliphatic carbocycles. The monoisotopic (exact) mass is 234 g/mol. The molecule has 92 valence electrons. The highest BCUT2D eigenvalue weighted by atomic mass is 16.5. The molecule has 0 spiro atoms. The van der Waals surface area contributed by atoms with E-state index in [0.29, 0.717) is 5.56 Å². The van der Waals surface area contributed by atoms with Crippen molar-refractivity contribution in [3.63, 3.8) is 0 Å². The van der Waals surface area contributed by atoms with Crippen molar-refractivity contribution in [1.82, 2.24) is 10.6 Å². The van der Waals surface area contributed by atoms with E-state index in [-0.39, 0.29) is 18.1 Å². The molecule has 0 radical (unpaired) electrons. The molecule has 1 amide bonds. The van der Waals surface area contributed by atoms with Crippen LogP contribution in [0, 0.1) is 6.92 Å². The summed E-state index contributed by atoms with van der Waals surface area (Å²) in [6.45, 7) is 3.55. The Morgan fingerprint density at radius 2 is 2.06 bits per heavy atom. The molecule has 0 aromatic heterocycles. The van der Waals surface area contributed by atoms with Crippen LogP contribution in [0.5, 0.6) is 0 Å². The van der Waals surface area contributed by atoms with Gasteiger partial charge in [0.1, 0.15) is 0 Å². The van der Waals surface area contributed by atoms with Crippen LogP contribution in [0.15, 0.2) is 24.3 Å². The Morgan fingerprint density at radius 1 is 1.35 bits per heavy atom. The van der Waals surface area contributed by atoms with Gasteiger partial charge in [-0.3, -0.25) is 4.79 Å². The van der Waals surface area contributed by atoms with E-state index in [1.54, 1.807) is 7.11 Å². The minimum Gasteiger partial charge on any atom is -0.378 e. The lowest BCUT2D eigenvalue weighted by atomic mass is 10.1. The SMILES string of the molecule is CO[C@H]1CNCC1NC(=O)c1ccc(C)cc1. The highest BCUT2D eigenvalue weighted by molar-refractivity contribution is 5.94. The van der Waals surface area contributed by atoms with Crippen molar-refractivity contribution in [2.75, 3.05) is 20.2 Å². The van der Waals surface area contributed by atoms with Gasteiger partial charge in [0.15, 0.2) is 0 Å². The Bertz CT molecular complexity index is 389. The summed E-state index contributed by atoms with van der Waals surface area (Å²) in [6.07, 6.45) is 0.0596. The predicted molar refractivity (Wildman–Crippen MR) is 66.1 cm³/mol. The Balaban J connectivity index is 1.99. The second-order valence-corrected chi connectivity index (χ2v) is 4.38. The number of rotatable bonds is 3. The Hall–Kier alpha value is -1.39. The molecular weight excluding hydrogens is 216 g/mol. The van der Waals surface area contributed by atoms with Gasteiger partial charge in [-0.05, 0) is 19.1 Å². The Kier molecular flexibility index (Phi) is 3.76. The van der Waals surface area contributed by atoms with Crippen molar-refractivity contribution < 1.29 is 9.53 Å². The molecule has 4 nitrogen and oxygen atoms in total. The average Bonchev–Trinajstić information content (AvgIpc) is 2.77. The van der Waals surface area contributed by atoms with E-state index in [9.17, 15) is 4.79 Å². The molecule has 4 heteroatoms. The lowest BCUT2D eigenvalue weighted by Crippen LogP contribution is -2.43. The maximum Gasteiger partial charge on any atom is 0.251 e. The van der Waals surface area contributed by atoms with Crippen LogP contribution in [0.1, 0.15) is 15.9 Å². The zero-order valence-corrected chi connectivity index (χ0v) is 10.2. The fourth-order valence-electron chi connectivity index (χ4n) is 2.00. The van der Waals surface area contributed by atoms with Crippen molar-refractivity contribution in [2.24, 2.45) is 0 Å². The topological polar surface area (TPSA) is 50.4 Å². The maximum atomic E-state index is 12.0. The fourth-order valence-corrected chi connectivity index (χ4v) is 2.00. The van der Waals surface area contributed by atoms with Crippen molar-refractivity contribution in [2.45, 2.75) is 19.1 Å². The van der Waals surface area contributed by atoms with Crippen LogP contribution in [-0.2, 0) is 4.74 Å². The molecule has 1 fully saturated rings. The normalized spacial score (nSPS) is 23.6. The Morgan fingerprint density at radius 3 is 2.71 bits per heavy atom. The molecule has 0 bridgehead atoms. The van der Waals surface area contributed by atoms with Crippen LogP contribution in [0.4, 0.5) is 0 Å². The molecule has 1 unspecified atom stereocenters. The molecule has 1 aromatic carbocycles. The molecule has 1 heterocycles. The fraction of sp³-hybridized carbons (Fsp3) is 0.462. The van der Waals surface area contributed by atoms with Gasteiger partial charge in [0.2, 0.25) is 0 Å². The number of hydrogen-bond acceptors (Lipinski definition) is 3. The van der Waals surface area contributed by atoms with Gasteiger partial charge in [-0.2, -0.15) is 0 Å². The quantitative estimate of drug-likeness (QED) is 0.810. The summed E-state index contributed by atoms with van der Waals surface area (Å²) in [5.41, 5.74) is 1.84. The molecule has 2 N–H and O–H groups in total. The molecule has 1 aliphatic heterocycles. The van der Waals surface area contributed by atoms with Gasteiger partial charge >= 0.3 is 0 Å². The zero-order chi connectivity index (χ0) is 12.3. The largest absolute Gasteiger partial charge is 0.378 e. The third-order valence-corrected chi connectivity index (χ3v) is 3.09. The van der Waals surface area contributed by atoms with E-state index in [2.05, 4.69) is 10.6 Å². The van der Waals surface area contributed by atoms with Crippen molar-refractivity contribution in [3.8, 4) is 0 Å². The maximum absolute atomic E-state index is 12.0. The van der Waals surface area contributed by atoms with E-state index in [4.69, 9.17) is 4.74 Å². The molecule has 1 aromatic rings. The average molecular weight is 234 g/mol. The van der Waals surface area contributed by atoms with Crippen LogP contribution in [0.2, 0.25) is 0 Å². The number of hydrogen-bond donors (Lipinski definition) is 2. The van der Waals surface area contributed by atoms with E-state index >= 15 is 0 Å². The van der Waals surface area contributed by atoms with Crippen molar-refractivity contribution >= 4 is 5.91 Å². The summed E-state index contributed by atoms with van der Waals surface area (Å²) in [5.74, 6) is -0.0410. The standard InChI is InChI=1S/C13H18N2O2/c1-9-3-5-10(6-4-9)13(16)15-11-7-14-8-12(11)17-2/h3-6,11-12,14H,7-8H2,1-2H3,(H,15,16)/t11?,12-/m0/s1. The molecule has 2 atom stereocenters. The molecular formula is C13H18N2O2. The van der Waals surface area contributed by atoms with Crippen LogP contribution >= 0.6 is 0 Å². The molecule has 1 saturated heterocycles. The highest BCUT2D eigenvalue weighted by Gasteiger charge is 2.28. The minimum absolute atomic E-state index is 0.0410. The molecule has 1 aliphatic rings. The second kappa shape index (κ2) is 5.29. The van der Waals surface area contributed by atoms with Gasteiger partial charge in [-0.1, -0.05) is 17.7 Å². The van der Waals surface area contributed by atoms with Crippen LogP contribution in [0.25, 0.3) is 0 Å². The van der Waals surface area contributed by atoms with Gasteiger partial charge in [0.25, 0.3) is 5.91 Å². The summed E-state index contributed by atoms with van der Waals surface area (Å²) >= 11 is 0. The Labute approximate surface area is 101 Å². The molecule has 17 heavy (non-hydrogen) atoms. The first-order valence-electron chi connectivity index (χ1n) is 5.82. The summed E-state index contributed by atoms with van der Waals surface area (Å²) in [7, 11) is 1.67. The summed E-state index contributed by atoms with van der Waals surface area (Å²) in [6, 6.07) is 7.61. The molecule has 0 saturated carbocycles. The van der Waals surface area contributed by atoms with Crippen molar-refractivity contribution in [3.05, 3.63) is 35.4 Å². The van der Waals surface area contributed by atoms with Gasteiger partial charge < -0.3 is 15.4 Å². The van der Waals surface area contributed by atoms with Crippen molar-refractivity contribution in [1.29, 1.82) is 0 Å². The number of amides is 1. The number of carbonyl (C=O) groups is 1. The van der Waals surface area contributed by atoms with E-state index < -0.39 is 0 Å². The first-order chi connectivity index (χ1) is 8.20. The smallest absolute Gasteiger partial charge is 0.251 e. The van der Waals surface area contributed by atoms with E-state index in [0.717, 1.165) is 18.7 Å². The zero-order valence-electron chi connectivity index (χ0n) is 10.2. The number of ether oxygens (including phenoxy) is 1. The second-order valence-electron chi connectivity index (χ2n) is 4.38. The van der Waals surface area contributed by atoms with Gasteiger partial charge in [-0.25, -0.2) is 0 Å². The van der Waals surface area contributed by atoms with Gasteiger partial charge in [0.05, 0.1) is 12.1 Å². The minimum atomic E-state index is -0.0410. The summed E-state index contributed by atoms with van der Waals surface area (Å²) < 4.78 is 5.30. The number of aryl methyl sites for hydroxylation is 1. The predicted octanol–water partition coefficient (Wildman–Crippen LogP) is 0.712. The van der Waals surface area contributed by atoms with Gasteiger partial charge in [-0.15, -0.1) is 0 Å². The van der Waals surface area contributed by atoms with Crippen LogP contribution < -0.4 is 10.6 Å². The van der Waals surface area contributed by atoms with E-state index in [1.807, 2.05) is 31.2 Å². The number of carbonyl (C=O) groups excluding carboxylic acids is 1. The third kappa shape index (κ3) is 2.84. The van der Waals surface area contributed by atoms with E-state index in [1.165, 1.54) is 0 Å². The lowest BCUT2D eigenvalue weighted by molar-refractivity contribution is 0.0780. The van der Waals surface area contributed by atoms with Crippen LogP contribution in [0.3, 0.4) is 0 Å². The third-order valence-electron chi connectivity index (χ3n) is 3.09. The molecule has 2 rings (SSSR count). The first kappa shape index (κ1) is 12.1. The number of benzene rings is 1. The lowest BCUT2D eigenvalue weighted by Gasteiger charge is -2.18. The highest BCUT2D eigenvalue weighted by Crippen LogP contribution is 2.07. The number of nitrogens with one attached hydrogen (secondary N) is 2. The number of methoxy groups -OCH3 is 1.